The number of hydrogen-bond donors (Lipinski definition) is 1. The molecule has 0 aromatic carbocycles. The Morgan fingerprint density at radius 2 is 1.89 bits per heavy atom. The quantitative estimate of drug-likeness (QED) is 0.765. The molecule has 1 aliphatic carbocycles. The summed E-state index contributed by atoms with van der Waals surface area (Å²) in [5.41, 5.74) is 0. The first-order valence-electron chi connectivity index (χ1n) is 8.00. The van der Waals surface area contributed by atoms with Gasteiger partial charge in [0.2, 0.25) is 0 Å². The van der Waals surface area contributed by atoms with Crippen LogP contribution in [0.4, 0.5) is 0 Å². The van der Waals surface area contributed by atoms with Crippen LogP contribution in [0, 0.1) is 11.8 Å². The molecule has 1 N–H and O–H groups in total. The molecule has 0 aliphatic heterocycles. The van der Waals surface area contributed by atoms with Crippen LogP contribution in [-0.2, 0) is 12.8 Å². The van der Waals surface area contributed by atoms with Crippen molar-refractivity contribution in [1.29, 1.82) is 0 Å². The van der Waals surface area contributed by atoms with Gasteiger partial charge in [-0.1, -0.05) is 46.5 Å². The van der Waals surface area contributed by atoms with Gasteiger partial charge in [-0.25, -0.2) is 0 Å². The van der Waals surface area contributed by atoms with E-state index in [1.807, 2.05) is 11.3 Å². The molecule has 2 rings (SSSR count). The summed E-state index contributed by atoms with van der Waals surface area (Å²) in [5, 5.41) is 3.67. The van der Waals surface area contributed by atoms with Crippen LogP contribution in [0.2, 0.25) is 0 Å². The minimum absolute atomic E-state index is 0.610. The normalized spacial score (nSPS) is 18.3. The zero-order valence-corrected chi connectivity index (χ0v) is 13.6. The van der Waals surface area contributed by atoms with E-state index in [2.05, 4.69) is 38.2 Å². The molecule has 0 bridgehead atoms. The Morgan fingerprint density at radius 3 is 2.47 bits per heavy atom. The highest BCUT2D eigenvalue weighted by Gasteiger charge is 2.25. The average Bonchev–Trinajstić information content (AvgIpc) is 3.05. The zero-order chi connectivity index (χ0) is 13.7. The van der Waals surface area contributed by atoms with Gasteiger partial charge < -0.3 is 5.32 Å². The lowest BCUT2D eigenvalue weighted by Gasteiger charge is -2.24. The number of thiophene rings is 1. The topological polar surface area (TPSA) is 12.0 Å². The SMILES string of the molecule is CCc1ccc(CC(CNC(C)C)C2CCCC2)s1. The molecular formula is C17H29NS. The molecule has 0 amide bonds. The third kappa shape index (κ3) is 4.61. The summed E-state index contributed by atoms with van der Waals surface area (Å²) in [5.74, 6) is 1.80. The fourth-order valence-corrected chi connectivity index (χ4v) is 4.25. The zero-order valence-electron chi connectivity index (χ0n) is 12.7. The number of aryl methyl sites for hydroxylation is 1. The Morgan fingerprint density at radius 1 is 1.21 bits per heavy atom. The standard InChI is InChI=1S/C17H29NS/c1-4-16-9-10-17(19-16)11-15(12-18-13(2)3)14-7-5-6-8-14/h9-10,13-15,18H,4-8,11-12H2,1-3H3. The highest BCUT2D eigenvalue weighted by molar-refractivity contribution is 7.11. The van der Waals surface area contributed by atoms with Gasteiger partial charge in [0.05, 0.1) is 0 Å². The van der Waals surface area contributed by atoms with Crippen LogP contribution >= 0.6 is 11.3 Å². The lowest BCUT2D eigenvalue weighted by molar-refractivity contribution is 0.314. The minimum Gasteiger partial charge on any atom is -0.314 e. The van der Waals surface area contributed by atoms with Gasteiger partial charge in [0, 0.05) is 15.8 Å². The molecular weight excluding hydrogens is 250 g/mol. The molecule has 1 fully saturated rings. The van der Waals surface area contributed by atoms with Gasteiger partial charge >= 0.3 is 0 Å². The predicted molar refractivity (Wildman–Crippen MR) is 86.0 cm³/mol. The summed E-state index contributed by atoms with van der Waals surface area (Å²) >= 11 is 2.03. The Balaban J connectivity index is 1.95. The summed E-state index contributed by atoms with van der Waals surface area (Å²) in [6, 6.07) is 5.29. The molecule has 1 aliphatic rings. The van der Waals surface area contributed by atoms with E-state index in [9.17, 15) is 0 Å². The Kier molecular flexibility index (Phi) is 5.90. The van der Waals surface area contributed by atoms with E-state index >= 15 is 0 Å². The molecule has 0 saturated heterocycles. The highest BCUT2D eigenvalue weighted by atomic mass is 32.1. The number of hydrogen-bond acceptors (Lipinski definition) is 2. The largest absolute Gasteiger partial charge is 0.314 e. The summed E-state index contributed by atoms with van der Waals surface area (Å²) < 4.78 is 0. The molecule has 1 saturated carbocycles. The average molecular weight is 279 g/mol. The second kappa shape index (κ2) is 7.44. The van der Waals surface area contributed by atoms with Crippen molar-refractivity contribution < 1.29 is 0 Å². The second-order valence-electron chi connectivity index (χ2n) is 6.29. The number of rotatable bonds is 7. The third-order valence-corrected chi connectivity index (χ3v) is 5.64. The molecule has 0 spiro atoms. The van der Waals surface area contributed by atoms with Crippen LogP contribution in [0.15, 0.2) is 12.1 Å². The van der Waals surface area contributed by atoms with Crippen LogP contribution < -0.4 is 5.32 Å². The molecule has 0 radical (unpaired) electrons. The van der Waals surface area contributed by atoms with Crippen molar-refractivity contribution in [2.75, 3.05) is 6.54 Å². The second-order valence-corrected chi connectivity index (χ2v) is 7.55. The van der Waals surface area contributed by atoms with Crippen LogP contribution in [0.3, 0.4) is 0 Å². The summed E-state index contributed by atoms with van der Waals surface area (Å²) in [4.78, 5) is 3.14. The Hall–Kier alpha value is -0.340. The Labute approximate surface area is 122 Å². The fourth-order valence-electron chi connectivity index (χ4n) is 3.20. The van der Waals surface area contributed by atoms with Gasteiger partial charge in [-0.05, 0) is 43.4 Å². The van der Waals surface area contributed by atoms with Crippen molar-refractivity contribution in [3.63, 3.8) is 0 Å². The highest BCUT2D eigenvalue weighted by Crippen LogP contribution is 2.34. The van der Waals surface area contributed by atoms with Crippen LogP contribution in [0.25, 0.3) is 0 Å². The first-order valence-corrected chi connectivity index (χ1v) is 8.81. The van der Waals surface area contributed by atoms with E-state index in [1.54, 1.807) is 4.88 Å². The van der Waals surface area contributed by atoms with Crippen molar-refractivity contribution in [2.24, 2.45) is 11.8 Å². The fraction of sp³-hybridized carbons (Fsp3) is 0.765. The third-order valence-electron chi connectivity index (χ3n) is 4.38. The first kappa shape index (κ1) is 15.1. The maximum Gasteiger partial charge on any atom is 0.00515 e. The first-order chi connectivity index (χ1) is 9.19. The Bertz CT molecular complexity index is 363. The van der Waals surface area contributed by atoms with Crippen LogP contribution in [-0.4, -0.2) is 12.6 Å². The molecule has 1 heterocycles. The van der Waals surface area contributed by atoms with Gasteiger partial charge in [0.15, 0.2) is 0 Å². The van der Waals surface area contributed by atoms with Gasteiger partial charge in [0.25, 0.3) is 0 Å². The van der Waals surface area contributed by atoms with E-state index < -0.39 is 0 Å². The number of nitrogens with one attached hydrogen (secondary N) is 1. The smallest absolute Gasteiger partial charge is 0.00515 e. The van der Waals surface area contributed by atoms with Gasteiger partial charge in [0.1, 0.15) is 0 Å². The van der Waals surface area contributed by atoms with Crippen molar-refractivity contribution in [2.45, 2.75) is 65.3 Å². The lowest BCUT2D eigenvalue weighted by atomic mass is 9.87. The van der Waals surface area contributed by atoms with Crippen molar-refractivity contribution in [3.05, 3.63) is 21.9 Å². The van der Waals surface area contributed by atoms with Crippen molar-refractivity contribution in [1.82, 2.24) is 5.32 Å². The lowest BCUT2D eigenvalue weighted by Crippen LogP contribution is -2.33. The van der Waals surface area contributed by atoms with E-state index in [0.717, 1.165) is 11.8 Å². The van der Waals surface area contributed by atoms with Gasteiger partial charge in [-0.3, -0.25) is 0 Å². The van der Waals surface area contributed by atoms with Crippen LogP contribution in [0.5, 0.6) is 0 Å². The maximum atomic E-state index is 3.67. The summed E-state index contributed by atoms with van der Waals surface area (Å²) in [7, 11) is 0. The molecule has 2 heteroatoms. The van der Waals surface area contributed by atoms with E-state index in [1.165, 1.54) is 49.9 Å². The van der Waals surface area contributed by atoms with E-state index in [0.29, 0.717) is 6.04 Å². The minimum atomic E-state index is 0.610. The molecule has 19 heavy (non-hydrogen) atoms. The van der Waals surface area contributed by atoms with Crippen molar-refractivity contribution >= 4 is 11.3 Å². The maximum absolute atomic E-state index is 3.67. The molecule has 108 valence electrons. The van der Waals surface area contributed by atoms with Crippen molar-refractivity contribution in [3.8, 4) is 0 Å². The summed E-state index contributed by atoms with van der Waals surface area (Å²) in [6.07, 6.45) is 8.28. The van der Waals surface area contributed by atoms with Gasteiger partial charge in [-0.2, -0.15) is 0 Å². The molecule has 1 unspecified atom stereocenters. The van der Waals surface area contributed by atoms with E-state index in [-0.39, 0.29) is 0 Å². The van der Waals surface area contributed by atoms with Gasteiger partial charge in [-0.15, -0.1) is 11.3 Å². The molecule has 1 nitrogen and oxygen atoms in total. The van der Waals surface area contributed by atoms with Crippen LogP contribution in [0.1, 0.15) is 56.2 Å². The molecule has 1 aromatic rings. The molecule has 1 atom stereocenters. The molecule has 1 aromatic heterocycles. The predicted octanol–water partition coefficient (Wildman–Crippen LogP) is 4.66. The summed E-state index contributed by atoms with van der Waals surface area (Å²) in [6.45, 7) is 7.96. The monoisotopic (exact) mass is 279 g/mol. The van der Waals surface area contributed by atoms with E-state index in [4.69, 9.17) is 0 Å².